The molecular formula is C19H26O7. The van der Waals surface area contributed by atoms with Crippen molar-refractivity contribution in [3.63, 3.8) is 0 Å². The standard InChI is InChI=1S/C19H26O7/c1-6-5-8(20)15(23)18(3)9(6)11(21)16(24)19(4)10-7(2)13(26-17(10)25)12(22)14(18)19/h6-7,9-15,21-23H,5H2,1-4H3/t6-,7+,9+,10+,11+,12-,13+,14+,15+,18-,19-/m0/s1. The summed E-state index contributed by atoms with van der Waals surface area (Å²) >= 11 is 0. The lowest BCUT2D eigenvalue weighted by Crippen LogP contribution is -2.74. The Morgan fingerprint density at radius 1 is 1.08 bits per heavy atom. The molecule has 0 aromatic rings. The molecule has 1 heterocycles. The zero-order valence-electron chi connectivity index (χ0n) is 15.4. The molecule has 1 saturated heterocycles. The van der Waals surface area contributed by atoms with Gasteiger partial charge in [0, 0.05) is 35.0 Å². The summed E-state index contributed by atoms with van der Waals surface area (Å²) in [5, 5.41) is 32.8. The van der Waals surface area contributed by atoms with E-state index in [0.29, 0.717) is 0 Å². The summed E-state index contributed by atoms with van der Waals surface area (Å²) in [5.74, 6) is -4.44. The zero-order chi connectivity index (χ0) is 19.3. The fourth-order valence-electron chi connectivity index (χ4n) is 7.16. The molecule has 2 bridgehead atoms. The molecule has 144 valence electrons. The normalized spacial score (nSPS) is 58.9. The maximum atomic E-state index is 13.3. The third-order valence-electron chi connectivity index (χ3n) is 8.08. The molecule has 0 unspecified atom stereocenters. The molecule has 0 aromatic heterocycles. The van der Waals surface area contributed by atoms with Gasteiger partial charge in [0.15, 0.2) is 11.6 Å². The summed E-state index contributed by atoms with van der Waals surface area (Å²) in [4.78, 5) is 38.3. The molecule has 3 N–H and O–H groups in total. The lowest BCUT2D eigenvalue weighted by Gasteiger charge is -2.64. The Bertz CT molecular complexity index is 704. The minimum atomic E-state index is -1.41. The van der Waals surface area contributed by atoms with E-state index in [9.17, 15) is 29.7 Å². The maximum absolute atomic E-state index is 13.3. The fraction of sp³-hybridized carbons (Fsp3) is 0.842. The monoisotopic (exact) mass is 366 g/mol. The van der Waals surface area contributed by atoms with Gasteiger partial charge in [-0.05, 0) is 5.92 Å². The van der Waals surface area contributed by atoms with Crippen molar-refractivity contribution in [1.82, 2.24) is 0 Å². The first kappa shape index (κ1) is 18.1. The lowest BCUT2D eigenvalue weighted by atomic mass is 9.38. The van der Waals surface area contributed by atoms with Crippen LogP contribution in [0.4, 0.5) is 0 Å². The second kappa shape index (κ2) is 5.14. The molecule has 7 nitrogen and oxygen atoms in total. The molecule has 4 fully saturated rings. The second-order valence-electron chi connectivity index (χ2n) is 9.24. The lowest BCUT2D eigenvalue weighted by molar-refractivity contribution is -0.241. The fourth-order valence-corrected chi connectivity index (χ4v) is 7.16. The molecule has 1 aliphatic heterocycles. The Morgan fingerprint density at radius 2 is 1.69 bits per heavy atom. The van der Waals surface area contributed by atoms with Gasteiger partial charge in [-0.2, -0.15) is 0 Å². The van der Waals surface area contributed by atoms with Gasteiger partial charge in [0.05, 0.1) is 12.0 Å². The van der Waals surface area contributed by atoms with Crippen LogP contribution in [0.15, 0.2) is 0 Å². The second-order valence-corrected chi connectivity index (χ2v) is 9.24. The highest BCUT2D eigenvalue weighted by Gasteiger charge is 2.77. The van der Waals surface area contributed by atoms with Gasteiger partial charge in [-0.15, -0.1) is 0 Å². The minimum absolute atomic E-state index is 0.0734. The van der Waals surface area contributed by atoms with Crippen LogP contribution >= 0.6 is 0 Å². The maximum Gasteiger partial charge on any atom is 0.310 e. The van der Waals surface area contributed by atoms with Gasteiger partial charge in [0.25, 0.3) is 0 Å². The highest BCUT2D eigenvalue weighted by atomic mass is 16.6. The Hall–Kier alpha value is -1.31. The summed E-state index contributed by atoms with van der Waals surface area (Å²) in [5.41, 5.74) is -2.62. The number of aliphatic hydroxyl groups excluding tert-OH is 3. The van der Waals surface area contributed by atoms with E-state index in [1.54, 1.807) is 27.7 Å². The third-order valence-corrected chi connectivity index (χ3v) is 8.08. The number of carbonyl (C=O) groups excluding carboxylic acids is 3. The van der Waals surface area contributed by atoms with Crippen LogP contribution in [-0.2, 0) is 19.1 Å². The van der Waals surface area contributed by atoms with E-state index in [1.807, 2.05) is 0 Å². The van der Waals surface area contributed by atoms with E-state index < -0.39 is 64.8 Å². The summed E-state index contributed by atoms with van der Waals surface area (Å²) in [6.45, 7) is 6.77. The van der Waals surface area contributed by atoms with Crippen LogP contribution in [0.3, 0.4) is 0 Å². The average Bonchev–Trinajstić information content (AvgIpc) is 2.80. The molecule has 4 aliphatic rings. The first-order valence-electron chi connectivity index (χ1n) is 9.30. The van der Waals surface area contributed by atoms with Crippen molar-refractivity contribution >= 4 is 17.5 Å². The van der Waals surface area contributed by atoms with Crippen molar-refractivity contribution in [1.29, 1.82) is 0 Å². The van der Waals surface area contributed by atoms with E-state index >= 15 is 0 Å². The topological polar surface area (TPSA) is 121 Å². The quantitative estimate of drug-likeness (QED) is 0.503. The van der Waals surface area contributed by atoms with Gasteiger partial charge in [-0.25, -0.2) is 0 Å². The van der Waals surface area contributed by atoms with Crippen molar-refractivity contribution in [3.05, 3.63) is 0 Å². The number of carbonyl (C=O) groups is 3. The first-order chi connectivity index (χ1) is 12.0. The Kier molecular flexibility index (Phi) is 3.58. The molecular weight excluding hydrogens is 340 g/mol. The van der Waals surface area contributed by atoms with Crippen molar-refractivity contribution in [2.24, 2.45) is 40.4 Å². The van der Waals surface area contributed by atoms with Gasteiger partial charge in [0.2, 0.25) is 0 Å². The van der Waals surface area contributed by atoms with Crippen LogP contribution in [0.5, 0.6) is 0 Å². The number of Topliss-reactive ketones (excluding diaryl/α,β-unsaturated/α-hetero) is 2. The number of rotatable bonds is 0. The van der Waals surface area contributed by atoms with Crippen molar-refractivity contribution in [2.75, 3.05) is 0 Å². The van der Waals surface area contributed by atoms with E-state index in [4.69, 9.17) is 4.74 Å². The van der Waals surface area contributed by atoms with E-state index in [1.165, 1.54) is 0 Å². The molecule has 0 radical (unpaired) electrons. The molecule has 0 amide bonds. The minimum Gasteiger partial charge on any atom is -0.459 e. The number of ether oxygens (including phenoxy) is 1. The summed E-state index contributed by atoms with van der Waals surface area (Å²) in [6, 6.07) is 0. The van der Waals surface area contributed by atoms with E-state index in [-0.39, 0.29) is 24.0 Å². The smallest absolute Gasteiger partial charge is 0.310 e. The van der Waals surface area contributed by atoms with Crippen LogP contribution < -0.4 is 0 Å². The van der Waals surface area contributed by atoms with Crippen molar-refractivity contribution < 1.29 is 34.4 Å². The SMILES string of the molecule is C[C@H]1[C@H]2OC(=O)[C@@H]1[C@]1(C)C(=O)[C@H](O)[C@H]3[C@@H](C)CC(=O)[C@@H](O)[C@]3(C)[C@H]1[C@H]2O. The predicted molar refractivity (Wildman–Crippen MR) is 87.5 cm³/mol. The highest BCUT2D eigenvalue weighted by molar-refractivity contribution is 5.97. The molecule has 0 spiro atoms. The first-order valence-corrected chi connectivity index (χ1v) is 9.30. The summed E-state index contributed by atoms with van der Waals surface area (Å²) < 4.78 is 5.37. The van der Waals surface area contributed by atoms with Gasteiger partial charge in [-0.3, -0.25) is 14.4 Å². The summed E-state index contributed by atoms with van der Waals surface area (Å²) in [6.07, 6.45) is -4.69. The molecule has 26 heavy (non-hydrogen) atoms. The van der Waals surface area contributed by atoms with Crippen LogP contribution in [0.1, 0.15) is 34.1 Å². The van der Waals surface area contributed by atoms with Crippen LogP contribution in [0, 0.1) is 40.4 Å². The molecule has 7 heteroatoms. The Balaban J connectivity index is 1.97. The summed E-state index contributed by atoms with van der Waals surface area (Å²) in [7, 11) is 0. The van der Waals surface area contributed by atoms with Gasteiger partial charge < -0.3 is 20.1 Å². The highest BCUT2D eigenvalue weighted by Crippen LogP contribution is 2.67. The number of ketones is 2. The third kappa shape index (κ3) is 1.72. The number of fused-ring (bicyclic) bond motifs is 6. The van der Waals surface area contributed by atoms with E-state index in [0.717, 1.165) is 0 Å². The van der Waals surface area contributed by atoms with E-state index in [2.05, 4.69) is 0 Å². The molecule has 3 saturated carbocycles. The predicted octanol–water partition coefficient (Wildman–Crippen LogP) is -0.303. The van der Waals surface area contributed by atoms with Gasteiger partial charge in [-0.1, -0.05) is 27.7 Å². The Labute approximate surface area is 151 Å². The molecule has 11 atom stereocenters. The van der Waals surface area contributed by atoms with Crippen LogP contribution in [0.25, 0.3) is 0 Å². The van der Waals surface area contributed by atoms with Crippen LogP contribution in [-0.4, -0.2) is 57.3 Å². The number of esters is 1. The Morgan fingerprint density at radius 3 is 2.31 bits per heavy atom. The number of aliphatic hydroxyl groups is 3. The van der Waals surface area contributed by atoms with Crippen molar-refractivity contribution in [3.8, 4) is 0 Å². The molecule has 4 rings (SSSR count). The average molecular weight is 366 g/mol. The number of hydrogen-bond donors (Lipinski definition) is 3. The largest absolute Gasteiger partial charge is 0.459 e. The number of hydrogen-bond acceptors (Lipinski definition) is 7. The zero-order valence-corrected chi connectivity index (χ0v) is 15.4. The van der Waals surface area contributed by atoms with Crippen LogP contribution in [0.2, 0.25) is 0 Å². The molecule has 0 aromatic carbocycles. The molecule has 3 aliphatic carbocycles. The van der Waals surface area contributed by atoms with Crippen molar-refractivity contribution in [2.45, 2.75) is 58.5 Å². The van der Waals surface area contributed by atoms with Gasteiger partial charge >= 0.3 is 5.97 Å². The van der Waals surface area contributed by atoms with Gasteiger partial charge in [0.1, 0.15) is 18.3 Å².